The molecule has 0 spiro atoms. The molecule has 7 heteroatoms. The second-order valence-corrected chi connectivity index (χ2v) is 8.10. The first kappa shape index (κ1) is 27.2. The fraction of sp³-hybridized carbons (Fsp3) is 0.0667. The van der Waals surface area contributed by atoms with Crippen LogP contribution in [0.2, 0.25) is 0 Å². The Bertz CT molecular complexity index is 1450. The smallest absolute Gasteiger partial charge is 0.857 e. The first-order valence-electron chi connectivity index (χ1n) is 11.4. The van der Waals surface area contributed by atoms with Crippen molar-refractivity contribution < 1.29 is 31.5 Å². The fourth-order valence-electron chi connectivity index (χ4n) is 3.68. The van der Waals surface area contributed by atoms with Crippen LogP contribution in [0.4, 0.5) is 5.69 Å². The van der Waals surface area contributed by atoms with Gasteiger partial charge in [-0.1, -0.05) is 84.4 Å². The van der Waals surface area contributed by atoms with Crippen molar-refractivity contribution in [3.8, 4) is 0 Å². The van der Waals surface area contributed by atoms with Gasteiger partial charge in [0.15, 0.2) is 0 Å². The number of aliphatic carboxylic acids is 1. The molecule has 0 bridgehead atoms. The van der Waals surface area contributed by atoms with Gasteiger partial charge in [0.2, 0.25) is 0 Å². The summed E-state index contributed by atoms with van der Waals surface area (Å²) in [5.41, 5.74) is 4.35. The molecule has 1 aromatic heterocycles. The summed E-state index contributed by atoms with van der Waals surface area (Å²) in [7, 11) is 0. The van der Waals surface area contributed by atoms with E-state index in [0.29, 0.717) is 17.0 Å². The van der Waals surface area contributed by atoms with E-state index in [1.165, 1.54) is 12.4 Å². The van der Waals surface area contributed by atoms with E-state index < -0.39 is 11.9 Å². The van der Waals surface area contributed by atoms with Crippen molar-refractivity contribution in [2.24, 2.45) is 9.98 Å². The van der Waals surface area contributed by atoms with E-state index in [0.717, 1.165) is 16.7 Å². The van der Waals surface area contributed by atoms with Crippen LogP contribution in [0, 0.1) is 6.92 Å². The van der Waals surface area contributed by atoms with E-state index in [-0.39, 0.29) is 34.2 Å². The fourth-order valence-corrected chi connectivity index (χ4v) is 3.68. The first-order chi connectivity index (χ1) is 17.5. The van der Waals surface area contributed by atoms with Crippen LogP contribution in [-0.2, 0) is 27.7 Å². The Morgan fingerprint density at radius 1 is 0.892 bits per heavy atom. The number of hydrogen-bond acceptors (Lipinski definition) is 6. The van der Waals surface area contributed by atoms with Gasteiger partial charge in [0.05, 0.1) is 23.1 Å². The monoisotopic (exact) mass is 531 g/mol. The predicted molar refractivity (Wildman–Crippen MR) is 137 cm³/mol. The van der Waals surface area contributed by atoms with Crippen LogP contribution in [-0.4, -0.2) is 22.6 Å². The van der Waals surface area contributed by atoms with Crippen LogP contribution < -0.4 is 10.2 Å². The topological polar surface area (TPSA) is 101 Å². The number of carbonyl (C=O) groups is 1. The Labute approximate surface area is 225 Å². The van der Waals surface area contributed by atoms with Gasteiger partial charge >= 0.3 is 16.5 Å². The summed E-state index contributed by atoms with van der Waals surface area (Å²) in [6.45, 7) is 1.95. The Hall–Kier alpha value is -4.35. The van der Waals surface area contributed by atoms with Gasteiger partial charge in [0.1, 0.15) is 0 Å². The summed E-state index contributed by atoms with van der Waals surface area (Å²) >= 11 is 0. The maximum Gasteiger partial charge on any atom is 2.00 e. The molecular formula is C30H23N3NiO3. The van der Waals surface area contributed by atoms with Crippen LogP contribution in [0.15, 0.2) is 125 Å². The van der Waals surface area contributed by atoms with Crippen LogP contribution in [0.5, 0.6) is 0 Å². The van der Waals surface area contributed by atoms with Crippen molar-refractivity contribution in [1.82, 2.24) is 4.98 Å². The summed E-state index contributed by atoms with van der Waals surface area (Å²) in [5.74, 6) is -1.78. The van der Waals surface area contributed by atoms with E-state index >= 15 is 0 Å². The number of aliphatic imine (C=N–C) groups is 2. The van der Waals surface area contributed by atoms with Crippen molar-refractivity contribution in [3.05, 3.63) is 143 Å². The van der Waals surface area contributed by atoms with Crippen molar-refractivity contribution in [1.29, 1.82) is 0 Å². The zero-order valence-corrected chi connectivity index (χ0v) is 21.0. The van der Waals surface area contributed by atoms with Gasteiger partial charge in [0, 0.05) is 35.8 Å². The molecule has 0 N–H and O–H groups in total. The van der Waals surface area contributed by atoms with Gasteiger partial charge in [-0.3, -0.25) is 15.0 Å². The maximum atomic E-state index is 12.7. The molecule has 0 radical (unpaired) electrons. The molecule has 0 aliphatic carbocycles. The second-order valence-electron chi connectivity index (χ2n) is 8.10. The van der Waals surface area contributed by atoms with E-state index in [9.17, 15) is 15.0 Å². The largest absolute Gasteiger partial charge is 2.00 e. The van der Waals surface area contributed by atoms with Gasteiger partial charge in [-0.2, -0.15) is 0 Å². The maximum absolute atomic E-state index is 12.7. The van der Waals surface area contributed by atoms with Crippen LogP contribution >= 0.6 is 0 Å². The van der Waals surface area contributed by atoms with E-state index in [1.54, 1.807) is 36.4 Å². The van der Waals surface area contributed by atoms with E-state index in [1.807, 2.05) is 67.6 Å². The SMILES string of the molecule is Cc1cccc(C/C(=C/N=C(c2ccccc2)c2ccccc2N=C([O-])c2ccccn2)C(=O)[O-])c1.[Ni+2]. The predicted octanol–water partition coefficient (Wildman–Crippen LogP) is 3.54. The minimum absolute atomic E-state index is 0. The number of carboxylic acids is 1. The minimum Gasteiger partial charge on any atom is -0.857 e. The number of benzene rings is 3. The first-order valence-corrected chi connectivity index (χ1v) is 11.4. The van der Waals surface area contributed by atoms with Crippen molar-refractivity contribution >= 4 is 23.3 Å². The van der Waals surface area contributed by atoms with Gasteiger partial charge in [-0.15, -0.1) is 0 Å². The molecule has 0 unspecified atom stereocenters. The number of carbonyl (C=O) groups excluding carboxylic acids is 1. The van der Waals surface area contributed by atoms with Gasteiger partial charge < -0.3 is 15.0 Å². The van der Waals surface area contributed by atoms with Gasteiger partial charge in [-0.25, -0.2) is 0 Å². The zero-order chi connectivity index (χ0) is 25.3. The van der Waals surface area contributed by atoms with Crippen LogP contribution in [0.1, 0.15) is 27.9 Å². The average Bonchev–Trinajstić information content (AvgIpc) is 2.90. The second kappa shape index (κ2) is 13.1. The summed E-state index contributed by atoms with van der Waals surface area (Å²) in [4.78, 5) is 24.9. The average molecular weight is 532 g/mol. The molecule has 186 valence electrons. The third-order valence-corrected chi connectivity index (χ3v) is 5.40. The Morgan fingerprint density at radius 3 is 2.32 bits per heavy atom. The molecule has 4 rings (SSSR count). The van der Waals surface area contributed by atoms with E-state index in [4.69, 9.17) is 0 Å². The molecule has 0 amide bonds. The molecule has 1 heterocycles. The molecule has 0 fully saturated rings. The number of aromatic nitrogens is 1. The summed E-state index contributed by atoms with van der Waals surface area (Å²) in [5, 5.41) is 24.7. The number of nitrogens with zero attached hydrogens (tertiary/aromatic N) is 3. The Balaban J connectivity index is 0.00000380. The van der Waals surface area contributed by atoms with Crippen molar-refractivity contribution in [2.45, 2.75) is 13.3 Å². The molecule has 0 aliphatic rings. The quantitative estimate of drug-likeness (QED) is 0.150. The Kier molecular flexibility index (Phi) is 9.64. The van der Waals surface area contributed by atoms with E-state index in [2.05, 4.69) is 15.0 Å². The standard InChI is InChI=1S/C30H25N3O3.Ni/c1-21-10-9-11-22(18-21)19-24(30(35)36)20-32-28(23-12-3-2-4-13-23)25-14-5-6-15-26(25)33-29(34)27-16-7-8-17-31-27;/h2-18,20H,19H2,1H3,(H,33,34)(H,35,36);/q;+2/p-2/b24-20-,32-28?;. The number of hydrogen-bond donors (Lipinski definition) is 0. The molecule has 4 aromatic rings. The minimum atomic E-state index is -1.30. The van der Waals surface area contributed by atoms with Gasteiger partial charge in [-0.05, 0) is 36.3 Å². The zero-order valence-electron chi connectivity index (χ0n) is 20.0. The number of carboxylic acid groups (broad SMARTS) is 1. The molecule has 3 aromatic carbocycles. The molecule has 6 nitrogen and oxygen atoms in total. The molecule has 0 atom stereocenters. The normalized spacial score (nSPS) is 12.1. The number of rotatable bonds is 8. The summed E-state index contributed by atoms with van der Waals surface area (Å²) in [6.07, 6.45) is 3.02. The van der Waals surface area contributed by atoms with Crippen LogP contribution in [0.3, 0.4) is 0 Å². The summed E-state index contributed by atoms with van der Waals surface area (Å²) in [6, 6.07) is 29.1. The van der Waals surface area contributed by atoms with Crippen molar-refractivity contribution in [3.63, 3.8) is 0 Å². The summed E-state index contributed by atoms with van der Waals surface area (Å²) < 4.78 is 0. The van der Waals surface area contributed by atoms with Crippen molar-refractivity contribution in [2.75, 3.05) is 0 Å². The molecule has 0 saturated heterocycles. The van der Waals surface area contributed by atoms with Gasteiger partial charge in [0.25, 0.3) is 0 Å². The number of aryl methyl sites for hydroxylation is 1. The Morgan fingerprint density at radius 2 is 1.62 bits per heavy atom. The molecule has 37 heavy (non-hydrogen) atoms. The number of para-hydroxylation sites is 1. The third-order valence-electron chi connectivity index (χ3n) is 5.40. The molecular weight excluding hydrogens is 509 g/mol. The number of pyridine rings is 1. The molecule has 0 saturated carbocycles. The molecule has 0 aliphatic heterocycles. The third kappa shape index (κ3) is 7.32. The van der Waals surface area contributed by atoms with Crippen LogP contribution in [0.25, 0.3) is 0 Å².